The minimum Gasteiger partial charge on any atom is -0.478 e. The number of carbonyl (C=O) groups excluding carboxylic acids is 2. The molecule has 4 aromatic rings. The van der Waals surface area contributed by atoms with Crippen molar-refractivity contribution in [1.82, 2.24) is 0 Å². The molecule has 4 rings (SSSR count). The number of nitrogens with one attached hydrogen (secondary N) is 2. The van der Waals surface area contributed by atoms with E-state index in [1.54, 1.807) is 61.5 Å². The van der Waals surface area contributed by atoms with Gasteiger partial charge in [0.1, 0.15) is 0 Å². The van der Waals surface area contributed by atoms with Gasteiger partial charge in [0.05, 0.1) is 21.4 Å². The van der Waals surface area contributed by atoms with Crippen molar-refractivity contribution in [2.24, 2.45) is 0 Å². The summed E-state index contributed by atoms with van der Waals surface area (Å²) in [6.07, 6.45) is 0.495. The number of nitro groups is 1. The first-order chi connectivity index (χ1) is 18.7. The number of nitrogens with zero attached hydrogens (tertiary/aromatic N) is 1. The summed E-state index contributed by atoms with van der Waals surface area (Å²) in [6, 6.07) is 21.2. The molecule has 2 amide bonds. The Morgan fingerprint density at radius 2 is 1.64 bits per heavy atom. The molecule has 1 atom stereocenters. The van der Waals surface area contributed by atoms with Crippen molar-refractivity contribution >= 4 is 57.4 Å². The van der Waals surface area contributed by atoms with Crippen LogP contribution in [0.15, 0.2) is 83.8 Å². The van der Waals surface area contributed by atoms with Crippen LogP contribution in [-0.2, 0) is 4.79 Å². The normalized spacial score (nSPS) is 11.5. The molecule has 39 heavy (non-hydrogen) atoms. The average Bonchev–Trinajstić information content (AvgIpc) is 2.92. The first kappa shape index (κ1) is 27.3. The van der Waals surface area contributed by atoms with E-state index < -0.39 is 22.0 Å². The zero-order chi connectivity index (χ0) is 28.1. The highest BCUT2D eigenvalue weighted by molar-refractivity contribution is 8.00. The van der Waals surface area contributed by atoms with E-state index in [1.807, 2.05) is 13.0 Å². The van der Waals surface area contributed by atoms with Crippen molar-refractivity contribution in [2.45, 2.75) is 30.4 Å². The lowest BCUT2D eigenvalue weighted by Crippen LogP contribution is -2.25. The summed E-state index contributed by atoms with van der Waals surface area (Å²) in [7, 11) is 0. The third-order valence-electron chi connectivity index (χ3n) is 6.10. The molecule has 3 N–H and O–H groups in total. The van der Waals surface area contributed by atoms with Gasteiger partial charge in [0.2, 0.25) is 5.91 Å². The molecule has 1 unspecified atom stereocenters. The van der Waals surface area contributed by atoms with Gasteiger partial charge in [0, 0.05) is 33.7 Å². The molecule has 0 aromatic heterocycles. The van der Waals surface area contributed by atoms with Crippen LogP contribution in [0.2, 0.25) is 0 Å². The molecule has 0 aliphatic rings. The summed E-state index contributed by atoms with van der Waals surface area (Å²) in [6.45, 7) is 3.62. The number of hydrogen-bond donors (Lipinski definition) is 3. The van der Waals surface area contributed by atoms with E-state index in [0.717, 1.165) is 4.90 Å². The fraction of sp³-hybridized carbons (Fsp3) is 0.138. The molecule has 0 bridgehead atoms. The summed E-state index contributed by atoms with van der Waals surface area (Å²) in [5, 5.41) is 26.9. The van der Waals surface area contributed by atoms with E-state index in [9.17, 15) is 29.6 Å². The first-order valence-corrected chi connectivity index (χ1v) is 12.9. The van der Waals surface area contributed by atoms with Crippen LogP contribution >= 0.6 is 11.8 Å². The molecule has 0 fully saturated rings. The van der Waals surface area contributed by atoms with Crippen LogP contribution in [0.5, 0.6) is 0 Å². The van der Waals surface area contributed by atoms with Gasteiger partial charge >= 0.3 is 5.97 Å². The monoisotopic (exact) mass is 543 g/mol. The largest absolute Gasteiger partial charge is 0.478 e. The Bertz CT molecular complexity index is 1600. The minimum absolute atomic E-state index is 0.0401. The number of aromatic carboxylic acids is 1. The number of rotatable bonds is 9. The summed E-state index contributed by atoms with van der Waals surface area (Å²) in [4.78, 5) is 49.3. The Balaban J connectivity index is 1.52. The lowest BCUT2D eigenvalue weighted by molar-refractivity contribution is -0.384. The number of aryl methyl sites for hydroxylation is 1. The lowest BCUT2D eigenvalue weighted by Gasteiger charge is -2.16. The van der Waals surface area contributed by atoms with Crippen LogP contribution < -0.4 is 10.6 Å². The number of carboxylic acids is 1. The third-order valence-corrected chi connectivity index (χ3v) is 7.46. The molecular weight excluding hydrogens is 518 g/mol. The molecule has 0 aliphatic carbocycles. The highest BCUT2D eigenvalue weighted by Gasteiger charge is 2.21. The maximum atomic E-state index is 13.2. The van der Waals surface area contributed by atoms with Gasteiger partial charge in [-0.2, -0.15) is 0 Å². The van der Waals surface area contributed by atoms with Gasteiger partial charge in [-0.25, -0.2) is 4.79 Å². The first-order valence-electron chi connectivity index (χ1n) is 12.1. The number of non-ortho nitro benzene ring substituents is 1. The second-order valence-corrected chi connectivity index (χ2v) is 10.0. The number of thioether (sulfide) groups is 1. The van der Waals surface area contributed by atoms with Crippen LogP contribution in [0.25, 0.3) is 10.8 Å². The highest BCUT2D eigenvalue weighted by atomic mass is 32.2. The average molecular weight is 544 g/mol. The van der Waals surface area contributed by atoms with E-state index in [-0.39, 0.29) is 22.7 Å². The summed E-state index contributed by atoms with van der Waals surface area (Å²) in [5.41, 5.74) is 1.74. The Morgan fingerprint density at radius 3 is 2.31 bits per heavy atom. The molecule has 0 aliphatic heterocycles. The van der Waals surface area contributed by atoms with Gasteiger partial charge in [0.25, 0.3) is 11.6 Å². The predicted molar refractivity (Wildman–Crippen MR) is 152 cm³/mol. The molecule has 0 spiro atoms. The Hall–Kier alpha value is -4.70. The van der Waals surface area contributed by atoms with Crippen LogP contribution in [-0.4, -0.2) is 33.1 Å². The molecule has 0 heterocycles. The molecule has 0 radical (unpaired) electrons. The van der Waals surface area contributed by atoms with Crippen LogP contribution in [0.3, 0.4) is 0 Å². The van der Waals surface area contributed by atoms with Crippen molar-refractivity contribution in [2.75, 3.05) is 10.6 Å². The van der Waals surface area contributed by atoms with Crippen LogP contribution in [0, 0.1) is 17.0 Å². The minimum atomic E-state index is -1.12. The number of amides is 2. The van der Waals surface area contributed by atoms with Gasteiger partial charge in [-0.1, -0.05) is 43.3 Å². The van der Waals surface area contributed by atoms with Crippen molar-refractivity contribution in [3.63, 3.8) is 0 Å². The smallest absolute Gasteiger partial charge is 0.336 e. The lowest BCUT2D eigenvalue weighted by atomic mass is 9.98. The Kier molecular flexibility index (Phi) is 8.26. The number of nitro benzene ring substituents is 1. The second-order valence-electron chi connectivity index (χ2n) is 8.76. The van der Waals surface area contributed by atoms with E-state index in [4.69, 9.17) is 0 Å². The summed E-state index contributed by atoms with van der Waals surface area (Å²) < 4.78 is 0. The van der Waals surface area contributed by atoms with E-state index >= 15 is 0 Å². The maximum absolute atomic E-state index is 13.2. The van der Waals surface area contributed by atoms with Gasteiger partial charge in [-0.3, -0.25) is 19.7 Å². The number of carbonyl (C=O) groups is 3. The Labute approximate surface area is 228 Å². The number of hydrogen-bond acceptors (Lipinski definition) is 6. The molecular formula is C29H25N3O6S. The van der Waals surface area contributed by atoms with E-state index in [0.29, 0.717) is 34.1 Å². The van der Waals surface area contributed by atoms with Crippen molar-refractivity contribution in [1.29, 1.82) is 0 Å². The standard InChI is InChI=1S/C29H25N3O6S/c1-3-25(28(34)31-24-16-20(32(37)38)14-13-17(24)2)39-21-10-6-9-19(15-21)30-27(33)22-11-4-7-18-8-5-12-23(26(18)22)29(35)36/h4-16,25H,3H2,1-2H3,(H,30,33)(H,31,34)(H,35,36). The molecule has 4 aromatic carbocycles. The summed E-state index contributed by atoms with van der Waals surface area (Å²) in [5.74, 6) is -1.87. The van der Waals surface area contributed by atoms with Gasteiger partial charge in [0.15, 0.2) is 0 Å². The van der Waals surface area contributed by atoms with Crippen molar-refractivity contribution in [3.05, 3.63) is 106 Å². The zero-order valence-corrected chi connectivity index (χ0v) is 22.0. The number of fused-ring (bicyclic) bond motifs is 1. The molecule has 0 saturated carbocycles. The molecule has 0 saturated heterocycles. The maximum Gasteiger partial charge on any atom is 0.336 e. The fourth-order valence-electron chi connectivity index (χ4n) is 4.11. The third kappa shape index (κ3) is 6.24. The second kappa shape index (κ2) is 11.8. The SMILES string of the molecule is CCC(Sc1cccc(NC(=O)c2cccc3cccc(C(=O)O)c23)c1)C(=O)Nc1cc([N+](=O)[O-])ccc1C. The van der Waals surface area contributed by atoms with Crippen LogP contribution in [0.4, 0.5) is 17.1 Å². The van der Waals surface area contributed by atoms with Crippen LogP contribution in [0.1, 0.15) is 39.6 Å². The van der Waals surface area contributed by atoms with Crippen molar-refractivity contribution < 1.29 is 24.4 Å². The topological polar surface area (TPSA) is 139 Å². The zero-order valence-electron chi connectivity index (χ0n) is 21.1. The van der Waals surface area contributed by atoms with Gasteiger partial charge in [-0.05, 0) is 54.6 Å². The van der Waals surface area contributed by atoms with Crippen molar-refractivity contribution in [3.8, 4) is 0 Å². The quantitative estimate of drug-likeness (QED) is 0.124. The molecule has 198 valence electrons. The van der Waals surface area contributed by atoms with E-state index in [2.05, 4.69) is 10.6 Å². The van der Waals surface area contributed by atoms with Gasteiger partial charge in [-0.15, -0.1) is 11.8 Å². The number of carboxylic acid groups (broad SMARTS) is 1. The molecule has 9 nitrogen and oxygen atoms in total. The summed E-state index contributed by atoms with van der Waals surface area (Å²) >= 11 is 1.30. The Morgan fingerprint density at radius 1 is 0.949 bits per heavy atom. The fourth-order valence-corrected chi connectivity index (χ4v) is 5.13. The number of benzene rings is 4. The highest BCUT2D eigenvalue weighted by Crippen LogP contribution is 2.30. The number of anilines is 2. The van der Waals surface area contributed by atoms with Gasteiger partial charge < -0.3 is 15.7 Å². The molecule has 10 heteroatoms. The predicted octanol–water partition coefficient (Wildman–Crippen LogP) is 6.52. The van der Waals surface area contributed by atoms with E-state index in [1.165, 1.54) is 30.0 Å².